The van der Waals surface area contributed by atoms with Crippen LogP contribution in [0.4, 0.5) is 11.6 Å². The first kappa shape index (κ1) is 19.6. The van der Waals surface area contributed by atoms with E-state index >= 15 is 0 Å². The third-order valence-corrected chi connectivity index (χ3v) is 6.04. The molecule has 0 spiro atoms. The number of benzene rings is 1. The molecule has 2 heterocycles. The van der Waals surface area contributed by atoms with Crippen LogP contribution < -0.4 is 14.9 Å². The summed E-state index contributed by atoms with van der Waals surface area (Å²) >= 11 is 0. The molecule has 146 valence electrons. The van der Waals surface area contributed by atoms with Gasteiger partial charge in [0.25, 0.3) is 0 Å². The first-order valence-electron chi connectivity index (χ1n) is 9.35. The fourth-order valence-electron chi connectivity index (χ4n) is 3.10. The van der Waals surface area contributed by atoms with E-state index in [4.69, 9.17) is 0 Å². The number of aryl methyl sites for hydroxylation is 2. The average Bonchev–Trinajstić information content (AvgIpc) is 2.66. The SMILES string of the molecule is Cc1ccc(S(=O)(=O)NCCNc2cc(N3CCCCC3)nc(C)n2)cc1. The van der Waals surface area contributed by atoms with E-state index in [1.54, 1.807) is 24.3 Å². The minimum Gasteiger partial charge on any atom is -0.369 e. The van der Waals surface area contributed by atoms with Gasteiger partial charge >= 0.3 is 0 Å². The highest BCUT2D eigenvalue weighted by molar-refractivity contribution is 7.89. The van der Waals surface area contributed by atoms with Crippen molar-refractivity contribution in [2.75, 3.05) is 36.4 Å². The largest absolute Gasteiger partial charge is 0.369 e. The van der Waals surface area contributed by atoms with Crippen LogP contribution in [0.3, 0.4) is 0 Å². The van der Waals surface area contributed by atoms with Gasteiger partial charge in [0.15, 0.2) is 0 Å². The predicted octanol–water partition coefficient (Wildman–Crippen LogP) is 2.47. The molecule has 7 nitrogen and oxygen atoms in total. The van der Waals surface area contributed by atoms with E-state index < -0.39 is 10.0 Å². The van der Waals surface area contributed by atoms with Crippen molar-refractivity contribution in [2.24, 2.45) is 0 Å². The third kappa shape index (κ3) is 5.40. The summed E-state index contributed by atoms with van der Waals surface area (Å²) < 4.78 is 27.2. The number of hydrogen-bond acceptors (Lipinski definition) is 6. The Balaban J connectivity index is 1.55. The van der Waals surface area contributed by atoms with E-state index in [2.05, 4.69) is 24.9 Å². The van der Waals surface area contributed by atoms with Crippen LogP contribution in [0.5, 0.6) is 0 Å². The maximum atomic E-state index is 12.3. The summed E-state index contributed by atoms with van der Waals surface area (Å²) in [6.45, 7) is 6.56. The Kier molecular flexibility index (Phi) is 6.28. The second-order valence-electron chi connectivity index (χ2n) is 6.84. The van der Waals surface area contributed by atoms with Gasteiger partial charge in [-0.25, -0.2) is 23.1 Å². The second-order valence-corrected chi connectivity index (χ2v) is 8.61. The lowest BCUT2D eigenvalue weighted by Crippen LogP contribution is -2.31. The molecular formula is C19H27N5O2S. The van der Waals surface area contributed by atoms with Crippen LogP contribution in [0.25, 0.3) is 0 Å². The van der Waals surface area contributed by atoms with Crippen molar-refractivity contribution in [3.05, 3.63) is 41.7 Å². The lowest BCUT2D eigenvalue weighted by molar-refractivity contribution is 0.572. The normalized spacial score (nSPS) is 15.0. The van der Waals surface area contributed by atoms with Crippen LogP contribution >= 0.6 is 0 Å². The van der Waals surface area contributed by atoms with E-state index in [0.717, 1.165) is 30.3 Å². The molecule has 2 N–H and O–H groups in total. The molecule has 0 aliphatic carbocycles. The summed E-state index contributed by atoms with van der Waals surface area (Å²) in [4.78, 5) is 11.5. The van der Waals surface area contributed by atoms with Crippen molar-refractivity contribution in [3.63, 3.8) is 0 Å². The molecule has 1 aromatic carbocycles. The van der Waals surface area contributed by atoms with Gasteiger partial charge in [-0.1, -0.05) is 17.7 Å². The smallest absolute Gasteiger partial charge is 0.240 e. The highest BCUT2D eigenvalue weighted by Crippen LogP contribution is 2.20. The van der Waals surface area contributed by atoms with Crippen molar-refractivity contribution in [3.8, 4) is 0 Å². The zero-order chi connectivity index (χ0) is 19.3. The van der Waals surface area contributed by atoms with Crippen LogP contribution in [-0.2, 0) is 10.0 Å². The second kappa shape index (κ2) is 8.67. The molecule has 1 saturated heterocycles. The maximum absolute atomic E-state index is 12.3. The minimum atomic E-state index is -3.50. The molecule has 0 saturated carbocycles. The first-order chi connectivity index (χ1) is 12.9. The molecule has 0 bridgehead atoms. The number of hydrogen-bond donors (Lipinski definition) is 2. The van der Waals surface area contributed by atoms with Crippen LogP contribution in [0.15, 0.2) is 35.2 Å². The summed E-state index contributed by atoms with van der Waals surface area (Å²) in [7, 11) is -3.50. The molecule has 1 aliphatic heterocycles. The van der Waals surface area contributed by atoms with Crippen LogP contribution in [-0.4, -0.2) is 44.6 Å². The molecule has 1 fully saturated rings. The summed E-state index contributed by atoms with van der Waals surface area (Å²) in [6.07, 6.45) is 3.64. The van der Waals surface area contributed by atoms with Gasteiger partial charge in [-0.2, -0.15) is 0 Å². The van der Waals surface area contributed by atoms with Gasteiger partial charge in [0, 0.05) is 32.2 Å². The number of piperidine rings is 1. The van der Waals surface area contributed by atoms with Crippen molar-refractivity contribution in [1.29, 1.82) is 0 Å². The van der Waals surface area contributed by atoms with E-state index in [1.165, 1.54) is 19.3 Å². The molecule has 8 heteroatoms. The fraction of sp³-hybridized carbons (Fsp3) is 0.474. The van der Waals surface area contributed by atoms with Gasteiger partial charge in [0.05, 0.1) is 4.90 Å². The minimum absolute atomic E-state index is 0.276. The molecule has 0 atom stereocenters. The molecule has 0 radical (unpaired) electrons. The summed E-state index contributed by atoms with van der Waals surface area (Å²) in [5, 5.41) is 3.19. The average molecular weight is 390 g/mol. The van der Waals surface area contributed by atoms with Gasteiger partial charge in [-0.3, -0.25) is 0 Å². The Labute approximate surface area is 161 Å². The van der Waals surface area contributed by atoms with Gasteiger partial charge in [0.2, 0.25) is 10.0 Å². The molecule has 1 aliphatic rings. The van der Waals surface area contributed by atoms with E-state index in [1.807, 2.05) is 19.9 Å². The number of sulfonamides is 1. The number of nitrogens with one attached hydrogen (secondary N) is 2. The van der Waals surface area contributed by atoms with Gasteiger partial charge in [-0.15, -0.1) is 0 Å². The summed E-state index contributed by atoms with van der Waals surface area (Å²) in [5.41, 5.74) is 1.03. The quantitative estimate of drug-likeness (QED) is 0.708. The standard InChI is InChI=1S/C19H27N5O2S/c1-15-6-8-17(9-7-15)27(25,26)21-11-10-20-18-14-19(23-16(2)22-18)24-12-4-3-5-13-24/h6-9,14,21H,3-5,10-13H2,1-2H3,(H,20,22,23). The Bertz CT molecular complexity index is 862. The fourth-order valence-corrected chi connectivity index (χ4v) is 4.14. The zero-order valence-electron chi connectivity index (χ0n) is 15.9. The first-order valence-corrected chi connectivity index (χ1v) is 10.8. The molecule has 1 aromatic heterocycles. The Morgan fingerprint density at radius 3 is 2.41 bits per heavy atom. The Morgan fingerprint density at radius 1 is 1.00 bits per heavy atom. The number of aromatic nitrogens is 2. The highest BCUT2D eigenvalue weighted by Gasteiger charge is 2.15. The van der Waals surface area contributed by atoms with Gasteiger partial charge in [0.1, 0.15) is 17.5 Å². The molecule has 0 unspecified atom stereocenters. The molecular weight excluding hydrogens is 362 g/mol. The van der Waals surface area contributed by atoms with E-state index in [0.29, 0.717) is 12.4 Å². The van der Waals surface area contributed by atoms with Gasteiger partial charge in [-0.05, 0) is 45.2 Å². The lowest BCUT2D eigenvalue weighted by Gasteiger charge is -2.28. The van der Waals surface area contributed by atoms with Crippen LogP contribution in [0.2, 0.25) is 0 Å². The van der Waals surface area contributed by atoms with E-state index in [-0.39, 0.29) is 11.4 Å². The monoisotopic (exact) mass is 389 g/mol. The van der Waals surface area contributed by atoms with Gasteiger partial charge < -0.3 is 10.2 Å². The Morgan fingerprint density at radius 2 is 1.70 bits per heavy atom. The summed E-state index contributed by atoms with van der Waals surface area (Å²) in [6, 6.07) is 8.75. The van der Waals surface area contributed by atoms with Crippen molar-refractivity contribution < 1.29 is 8.42 Å². The zero-order valence-corrected chi connectivity index (χ0v) is 16.7. The molecule has 3 rings (SSSR count). The maximum Gasteiger partial charge on any atom is 0.240 e. The van der Waals surface area contributed by atoms with Crippen molar-refractivity contribution in [2.45, 2.75) is 38.0 Å². The molecule has 2 aromatic rings. The molecule has 0 amide bonds. The van der Waals surface area contributed by atoms with Crippen molar-refractivity contribution >= 4 is 21.7 Å². The number of rotatable bonds is 7. The van der Waals surface area contributed by atoms with E-state index in [9.17, 15) is 8.42 Å². The highest BCUT2D eigenvalue weighted by atomic mass is 32.2. The Hall–Kier alpha value is -2.19. The third-order valence-electron chi connectivity index (χ3n) is 4.56. The van der Waals surface area contributed by atoms with Crippen molar-refractivity contribution in [1.82, 2.24) is 14.7 Å². The lowest BCUT2D eigenvalue weighted by atomic mass is 10.1. The number of nitrogens with zero attached hydrogens (tertiary/aromatic N) is 3. The summed E-state index contributed by atoms with van der Waals surface area (Å²) in [5.74, 6) is 2.36. The predicted molar refractivity (Wildman–Crippen MR) is 108 cm³/mol. The van der Waals surface area contributed by atoms with Crippen LogP contribution in [0.1, 0.15) is 30.7 Å². The topological polar surface area (TPSA) is 87.2 Å². The molecule has 27 heavy (non-hydrogen) atoms. The number of anilines is 2. The van der Waals surface area contributed by atoms with Crippen LogP contribution in [0, 0.1) is 13.8 Å².